The van der Waals surface area contributed by atoms with Gasteiger partial charge in [0.05, 0.1) is 0 Å². The molecule has 7 heteroatoms. The van der Waals surface area contributed by atoms with Gasteiger partial charge in [0.15, 0.2) is 0 Å². The van der Waals surface area contributed by atoms with Crippen LogP contribution in [0.4, 0.5) is 5.13 Å². The van der Waals surface area contributed by atoms with Crippen molar-refractivity contribution in [2.45, 2.75) is 27.3 Å². The molecular weight excluding hydrogens is 262 g/mol. The molecule has 2 rings (SSSR count). The van der Waals surface area contributed by atoms with Crippen LogP contribution in [-0.2, 0) is 11.3 Å². The first-order valence-electron chi connectivity index (χ1n) is 5.68. The summed E-state index contributed by atoms with van der Waals surface area (Å²) in [5.41, 5.74) is 2.28. The van der Waals surface area contributed by atoms with Crippen molar-refractivity contribution in [1.82, 2.24) is 14.8 Å². The van der Waals surface area contributed by atoms with Crippen LogP contribution in [0.1, 0.15) is 22.0 Å². The monoisotopic (exact) mass is 275 g/mol. The number of aryl methyl sites for hydroxylation is 3. The van der Waals surface area contributed by atoms with Gasteiger partial charge in [0.25, 0.3) is 0 Å². The van der Waals surface area contributed by atoms with Gasteiger partial charge in [0.2, 0.25) is 11.0 Å². The lowest BCUT2D eigenvalue weighted by atomic mass is 10.3. The fourth-order valence-corrected chi connectivity index (χ4v) is 2.46. The van der Waals surface area contributed by atoms with Crippen LogP contribution in [0, 0.1) is 32.1 Å². The van der Waals surface area contributed by atoms with Crippen LogP contribution in [-0.4, -0.2) is 20.7 Å². The number of amides is 1. The Labute approximate surface area is 114 Å². The highest BCUT2D eigenvalue weighted by molar-refractivity contribution is 7.15. The summed E-state index contributed by atoms with van der Waals surface area (Å²) in [5.74, 6) is -0.216. The summed E-state index contributed by atoms with van der Waals surface area (Å²) in [7, 11) is 0. The van der Waals surface area contributed by atoms with Crippen molar-refractivity contribution in [3.05, 3.63) is 28.0 Å². The van der Waals surface area contributed by atoms with Crippen molar-refractivity contribution in [3.8, 4) is 6.07 Å². The summed E-state index contributed by atoms with van der Waals surface area (Å²) < 4.78 is 1.69. The largest absolute Gasteiger partial charge is 0.327 e. The molecule has 0 aromatic carbocycles. The smallest absolute Gasteiger partial charge is 0.246 e. The van der Waals surface area contributed by atoms with E-state index in [9.17, 15) is 4.79 Å². The third-order valence-corrected chi connectivity index (χ3v) is 3.43. The molecule has 0 aliphatic rings. The molecule has 0 saturated carbocycles. The summed E-state index contributed by atoms with van der Waals surface area (Å²) in [4.78, 5) is 11.9. The van der Waals surface area contributed by atoms with Crippen molar-refractivity contribution < 1.29 is 4.79 Å². The third kappa shape index (κ3) is 2.80. The van der Waals surface area contributed by atoms with Gasteiger partial charge in [-0.05, 0) is 32.4 Å². The Hall–Kier alpha value is -2.20. The maximum Gasteiger partial charge on any atom is 0.246 e. The van der Waals surface area contributed by atoms with Gasteiger partial charge in [-0.1, -0.05) is 11.3 Å². The summed E-state index contributed by atoms with van der Waals surface area (Å²) in [5, 5.41) is 20.7. The molecule has 0 fully saturated rings. The summed E-state index contributed by atoms with van der Waals surface area (Å²) in [6, 6.07) is 4.01. The Balaban J connectivity index is 2.13. The standard InChI is InChI=1S/C12H13N5OS/c1-7-4-8(2)17(10(7)5-13)6-11(18)14-12-16-15-9(3)19-12/h4H,6H2,1-3H3,(H,14,16,18). The van der Waals surface area contributed by atoms with Gasteiger partial charge in [0, 0.05) is 5.69 Å². The van der Waals surface area contributed by atoms with Crippen LogP contribution >= 0.6 is 11.3 Å². The molecule has 0 bridgehead atoms. The molecule has 2 aromatic heterocycles. The quantitative estimate of drug-likeness (QED) is 0.925. The first-order chi connectivity index (χ1) is 9.01. The number of nitriles is 1. The Bertz CT molecular complexity index is 664. The van der Waals surface area contributed by atoms with E-state index in [1.54, 1.807) is 4.57 Å². The highest BCUT2D eigenvalue weighted by Crippen LogP contribution is 2.16. The van der Waals surface area contributed by atoms with Crippen LogP contribution in [0.3, 0.4) is 0 Å². The van der Waals surface area contributed by atoms with E-state index in [1.165, 1.54) is 11.3 Å². The minimum absolute atomic E-state index is 0.0984. The second kappa shape index (κ2) is 5.20. The molecule has 0 saturated heterocycles. The third-order valence-electron chi connectivity index (χ3n) is 2.67. The Kier molecular flexibility index (Phi) is 3.62. The highest BCUT2D eigenvalue weighted by atomic mass is 32.1. The molecule has 0 aliphatic heterocycles. The fraction of sp³-hybridized carbons (Fsp3) is 0.333. The van der Waals surface area contributed by atoms with Crippen LogP contribution < -0.4 is 5.32 Å². The lowest BCUT2D eigenvalue weighted by Crippen LogP contribution is -2.20. The zero-order valence-corrected chi connectivity index (χ0v) is 11.7. The van der Waals surface area contributed by atoms with Gasteiger partial charge in [-0.2, -0.15) is 5.26 Å². The number of nitrogens with one attached hydrogen (secondary N) is 1. The first kappa shape index (κ1) is 13.2. The molecule has 6 nitrogen and oxygen atoms in total. The zero-order valence-electron chi connectivity index (χ0n) is 10.9. The first-order valence-corrected chi connectivity index (χ1v) is 6.49. The van der Waals surface area contributed by atoms with Gasteiger partial charge in [-0.25, -0.2) is 0 Å². The van der Waals surface area contributed by atoms with Gasteiger partial charge >= 0.3 is 0 Å². The molecule has 1 N–H and O–H groups in total. The number of carbonyl (C=O) groups is 1. The molecule has 0 atom stereocenters. The van der Waals surface area contributed by atoms with Crippen molar-refractivity contribution in [2.24, 2.45) is 0 Å². The Morgan fingerprint density at radius 3 is 2.79 bits per heavy atom. The second-order valence-corrected chi connectivity index (χ2v) is 5.37. The van der Waals surface area contributed by atoms with Crippen LogP contribution in [0.2, 0.25) is 0 Å². The van der Waals surface area contributed by atoms with E-state index in [4.69, 9.17) is 5.26 Å². The minimum Gasteiger partial charge on any atom is -0.327 e. The second-order valence-electron chi connectivity index (χ2n) is 4.19. The molecule has 0 unspecified atom stereocenters. The van der Waals surface area contributed by atoms with Crippen molar-refractivity contribution in [2.75, 3.05) is 5.32 Å². The highest BCUT2D eigenvalue weighted by Gasteiger charge is 2.13. The average molecular weight is 275 g/mol. The lowest BCUT2D eigenvalue weighted by molar-refractivity contribution is -0.116. The van der Waals surface area contributed by atoms with Gasteiger partial charge < -0.3 is 4.57 Å². The molecule has 1 amide bonds. The number of aromatic nitrogens is 3. The van der Waals surface area contributed by atoms with E-state index in [-0.39, 0.29) is 12.5 Å². The molecular formula is C12H13N5OS. The summed E-state index contributed by atoms with van der Waals surface area (Å²) in [6.07, 6.45) is 0. The zero-order chi connectivity index (χ0) is 14.0. The average Bonchev–Trinajstić information content (AvgIpc) is 2.84. The van der Waals surface area contributed by atoms with Gasteiger partial charge in [-0.3, -0.25) is 10.1 Å². The van der Waals surface area contributed by atoms with Crippen molar-refractivity contribution >= 4 is 22.4 Å². The number of nitrogens with zero attached hydrogens (tertiary/aromatic N) is 4. The summed E-state index contributed by atoms with van der Waals surface area (Å²) >= 11 is 1.32. The molecule has 2 aromatic rings. The summed E-state index contributed by atoms with van der Waals surface area (Å²) in [6.45, 7) is 5.64. The van der Waals surface area contributed by atoms with Crippen molar-refractivity contribution in [3.63, 3.8) is 0 Å². The van der Waals surface area contributed by atoms with E-state index >= 15 is 0 Å². The molecule has 0 radical (unpaired) electrons. The van der Waals surface area contributed by atoms with E-state index in [2.05, 4.69) is 21.6 Å². The van der Waals surface area contributed by atoms with Crippen LogP contribution in [0.15, 0.2) is 6.07 Å². The number of carbonyl (C=O) groups excluding carboxylic acids is 1. The maximum atomic E-state index is 11.9. The topological polar surface area (TPSA) is 83.6 Å². The predicted octanol–water partition coefficient (Wildman–Crippen LogP) is 1.78. The van der Waals surface area contributed by atoms with E-state index < -0.39 is 0 Å². The molecule has 2 heterocycles. The Morgan fingerprint density at radius 1 is 1.47 bits per heavy atom. The molecule has 0 aliphatic carbocycles. The minimum atomic E-state index is -0.216. The van der Waals surface area contributed by atoms with Gasteiger partial charge in [-0.15, -0.1) is 10.2 Å². The SMILES string of the molecule is Cc1nnc(NC(=O)Cn2c(C)cc(C)c2C#N)s1. The van der Waals surface area contributed by atoms with E-state index in [0.717, 1.165) is 16.3 Å². The molecule has 19 heavy (non-hydrogen) atoms. The van der Waals surface area contributed by atoms with E-state index in [1.807, 2.05) is 26.8 Å². The number of hydrogen-bond acceptors (Lipinski definition) is 5. The Morgan fingerprint density at radius 2 is 2.21 bits per heavy atom. The molecule has 0 spiro atoms. The van der Waals surface area contributed by atoms with Crippen LogP contribution in [0.25, 0.3) is 0 Å². The van der Waals surface area contributed by atoms with Crippen LogP contribution in [0.5, 0.6) is 0 Å². The number of hydrogen-bond donors (Lipinski definition) is 1. The van der Waals surface area contributed by atoms with E-state index in [0.29, 0.717) is 10.8 Å². The lowest BCUT2D eigenvalue weighted by Gasteiger charge is -2.07. The number of rotatable bonds is 3. The van der Waals surface area contributed by atoms with Crippen molar-refractivity contribution in [1.29, 1.82) is 5.26 Å². The fourth-order valence-electron chi connectivity index (χ4n) is 1.85. The van der Waals surface area contributed by atoms with Gasteiger partial charge in [0.1, 0.15) is 23.3 Å². The predicted molar refractivity (Wildman–Crippen MR) is 71.9 cm³/mol. The maximum absolute atomic E-state index is 11.9. The molecule has 98 valence electrons. The normalized spacial score (nSPS) is 10.2. The number of anilines is 1.